The third-order valence-electron chi connectivity index (χ3n) is 4.46. The first-order chi connectivity index (χ1) is 9.28. The molecule has 19 heavy (non-hydrogen) atoms. The van der Waals surface area contributed by atoms with E-state index in [4.69, 9.17) is 0 Å². The molecule has 3 nitrogen and oxygen atoms in total. The van der Waals surface area contributed by atoms with Crippen LogP contribution in [-0.4, -0.2) is 41.3 Å². The fourth-order valence-corrected chi connectivity index (χ4v) is 3.32. The number of aliphatic hydroxyl groups excluding tert-OH is 1. The van der Waals surface area contributed by atoms with Crippen molar-refractivity contribution in [2.75, 3.05) is 13.2 Å². The smallest absolute Gasteiger partial charge is 0.0626 e. The number of aliphatic hydroxyl groups is 1. The van der Waals surface area contributed by atoms with Gasteiger partial charge in [0.25, 0.3) is 0 Å². The van der Waals surface area contributed by atoms with Crippen molar-refractivity contribution in [2.45, 2.75) is 50.4 Å². The molecule has 1 saturated carbocycles. The van der Waals surface area contributed by atoms with E-state index in [2.05, 4.69) is 29.3 Å². The third-order valence-corrected chi connectivity index (χ3v) is 4.46. The lowest BCUT2D eigenvalue weighted by Gasteiger charge is -2.22. The lowest BCUT2D eigenvalue weighted by Crippen LogP contribution is -2.37. The van der Waals surface area contributed by atoms with Gasteiger partial charge >= 0.3 is 0 Å². The first-order valence-corrected chi connectivity index (χ1v) is 7.45. The maximum atomic E-state index is 9.62. The van der Waals surface area contributed by atoms with Gasteiger partial charge in [0.1, 0.15) is 0 Å². The van der Waals surface area contributed by atoms with E-state index in [1.807, 2.05) is 18.2 Å². The third kappa shape index (κ3) is 2.99. The summed E-state index contributed by atoms with van der Waals surface area (Å²) >= 11 is 0. The molecule has 3 atom stereocenters. The minimum absolute atomic E-state index is 0.0672. The summed E-state index contributed by atoms with van der Waals surface area (Å²) in [5.41, 5.74) is 1.18. The normalized spacial score (nSPS) is 29.6. The Labute approximate surface area is 115 Å². The van der Waals surface area contributed by atoms with Crippen LogP contribution in [0.15, 0.2) is 30.3 Å². The molecular weight excluding hydrogens is 236 g/mol. The zero-order chi connectivity index (χ0) is 13.2. The average Bonchev–Trinajstić information content (AvgIpc) is 3.21. The molecule has 1 aliphatic heterocycles. The Morgan fingerprint density at radius 3 is 2.68 bits per heavy atom. The summed E-state index contributed by atoms with van der Waals surface area (Å²) in [7, 11) is 0. The van der Waals surface area contributed by atoms with Crippen LogP contribution in [0.1, 0.15) is 37.8 Å². The summed E-state index contributed by atoms with van der Waals surface area (Å²) in [5, 5.41) is 13.3. The molecule has 3 heteroatoms. The number of hydrogen-bond donors (Lipinski definition) is 2. The maximum absolute atomic E-state index is 9.62. The van der Waals surface area contributed by atoms with Crippen molar-refractivity contribution in [3.8, 4) is 0 Å². The lowest BCUT2D eigenvalue weighted by molar-refractivity contribution is 0.227. The van der Waals surface area contributed by atoms with Gasteiger partial charge in [0.2, 0.25) is 0 Å². The fourth-order valence-electron chi connectivity index (χ4n) is 3.32. The Morgan fingerprint density at radius 1 is 1.32 bits per heavy atom. The van der Waals surface area contributed by atoms with E-state index in [9.17, 15) is 5.11 Å². The molecule has 2 fully saturated rings. The SMILES string of the molecule is CC1CC(N[C@H](CO)c2ccccc2)CN1C1CC1. The molecule has 1 heterocycles. The van der Waals surface area contributed by atoms with Gasteiger partial charge in [0, 0.05) is 24.7 Å². The molecule has 104 valence electrons. The van der Waals surface area contributed by atoms with Gasteiger partial charge in [-0.15, -0.1) is 0 Å². The lowest BCUT2D eigenvalue weighted by atomic mass is 10.1. The fraction of sp³-hybridized carbons (Fsp3) is 0.625. The van der Waals surface area contributed by atoms with Crippen LogP contribution in [0.2, 0.25) is 0 Å². The Kier molecular flexibility index (Phi) is 3.87. The van der Waals surface area contributed by atoms with E-state index in [0.717, 1.165) is 12.6 Å². The molecular formula is C16H24N2O. The summed E-state index contributed by atoms with van der Waals surface area (Å²) in [5.74, 6) is 0. The minimum atomic E-state index is 0.0672. The van der Waals surface area contributed by atoms with Crippen LogP contribution in [-0.2, 0) is 0 Å². The highest BCUT2D eigenvalue weighted by atomic mass is 16.3. The van der Waals surface area contributed by atoms with Crippen molar-refractivity contribution < 1.29 is 5.11 Å². The standard InChI is InChI=1S/C16H24N2O/c1-12-9-14(10-18(12)15-7-8-15)17-16(11-19)13-5-3-2-4-6-13/h2-6,12,14-17,19H,7-11H2,1H3/t12?,14?,16-/m1/s1. The van der Waals surface area contributed by atoms with Gasteiger partial charge in [-0.2, -0.15) is 0 Å². The van der Waals surface area contributed by atoms with Crippen LogP contribution in [0.3, 0.4) is 0 Å². The van der Waals surface area contributed by atoms with Crippen LogP contribution >= 0.6 is 0 Å². The van der Waals surface area contributed by atoms with Crippen LogP contribution in [0.5, 0.6) is 0 Å². The number of hydrogen-bond acceptors (Lipinski definition) is 3. The van der Waals surface area contributed by atoms with E-state index in [1.54, 1.807) is 0 Å². The second-order valence-electron chi connectivity index (χ2n) is 6.02. The van der Waals surface area contributed by atoms with Gasteiger partial charge in [-0.25, -0.2) is 0 Å². The zero-order valence-corrected chi connectivity index (χ0v) is 11.6. The predicted octanol–water partition coefficient (Wildman–Crippen LogP) is 1.93. The molecule has 2 aliphatic rings. The molecule has 2 N–H and O–H groups in total. The largest absolute Gasteiger partial charge is 0.394 e. The molecule has 0 bridgehead atoms. The van der Waals surface area contributed by atoms with Crippen LogP contribution < -0.4 is 5.32 Å². The molecule has 1 aliphatic carbocycles. The van der Waals surface area contributed by atoms with Crippen LogP contribution in [0.4, 0.5) is 0 Å². The highest BCUT2D eigenvalue weighted by Crippen LogP contribution is 2.33. The number of nitrogens with zero attached hydrogens (tertiary/aromatic N) is 1. The second-order valence-corrected chi connectivity index (χ2v) is 6.02. The van der Waals surface area contributed by atoms with E-state index in [1.165, 1.54) is 24.8 Å². The highest BCUT2D eigenvalue weighted by Gasteiger charge is 2.39. The number of benzene rings is 1. The summed E-state index contributed by atoms with van der Waals surface area (Å²) in [6.45, 7) is 3.63. The Hall–Kier alpha value is -0.900. The second kappa shape index (κ2) is 5.61. The van der Waals surface area contributed by atoms with E-state index >= 15 is 0 Å². The van der Waals surface area contributed by atoms with Gasteiger partial charge in [-0.05, 0) is 31.7 Å². The van der Waals surface area contributed by atoms with Crippen LogP contribution in [0, 0.1) is 0 Å². The predicted molar refractivity (Wildman–Crippen MR) is 77.0 cm³/mol. The minimum Gasteiger partial charge on any atom is -0.394 e. The first kappa shape index (κ1) is 13.1. The number of rotatable bonds is 5. The monoisotopic (exact) mass is 260 g/mol. The van der Waals surface area contributed by atoms with E-state index in [0.29, 0.717) is 12.1 Å². The molecule has 1 saturated heterocycles. The molecule has 2 unspecified atom stereocenters. The van der Waals surface area contributed by atoms with Crippen molar-refractivity contribution in [3.05, 3.63) is 35.9 Å². The van der Waals surface area contributed by atoms with Crippen molar-refractivity contribution in [2.24, 2.45) is 0 Å². The Balaban J connectivity index is 1.61. The molecule has 0 radical (unpaired) electrons. The highest BCUT2D eigenvalue weighted by molar-refractivity contribution is 5.19. The molecule has 0 spiro atoms. The van der Waals surface area contributed by atoms with Crippen molar-refractivity contribution in [3.63, 3.8) is 0 Å². The van der Waals surface area contributed by atoms with Gasteiger partial charge in [-0.3, -0.25) is 4.90 Å². The van der Waals surface area contributed by atoms with Crippen molar-refractivity contribution in [1.82, 2.24) is 10.2 Å². The zero-order valence-electron chi connectivity index (χ0n) is 11.6. The van der Waals surface area contributed by atoms with Crippen molar-refractivity contribution in [1.29, 1.82) is 0 Å². The van der Waals surface area contributed by atoms with E-state index in [-0.39, 0.29) is 12.6 Å². The Morgan fingerprint density at radius 2 is 2.05 bits per heavy atom. The van der Waals surface area contributed by atoms with Crippen LogP contribution in [0.25, 0.3) is 0 Å². The first-order valence-electron chi connectivity index (χ1n) is 7.45. The van der Waals surface area contributed by atoms with Gasteiger partial charge < -0.3 is 10.4 Å². The molecule has 0 aromatic heterocycles. The van der Waals surface area contributed by atoms with Gasteiger partial charge in [0.15, 0.2) is 0 Å². The van der Waals surface area contributed by atoms with E-state index < -0.39 is 0 Å². The van der Waals surface area contributed by atoms with Gasteiger partial charge in [0.05, 0.1) is 12.6 Å². The summed E-state index contributed by atoms with van der Waals surface area (Å²) in [6, 6.07) is 12.4. The van der Waals surface area contributed by atoms with Crippen molar-refractivity contribution >= 4 is 0 Å². The quantitative estimate of drug-likeness (QED) is 0.849. The maximum Gasteiger partial charge on any atom is 0.0626 e. The number of nitrogens with one attached hydrogen (secondary N) is 1. The molecule has 3 rings (SSSR count). The topological polar surface area (TPSA) is 35.5 Å². The summed E-state index contributed by atoms with van der Waals surface area (Å²) in [4.78, 5) is 2.64. The molecule has 0 amide bonds. The Bertz CT molecular complexity index is 404. The number of likely N-dealkylation sites (tertiary alicyclic amines) is 1. The molecule has 1 aromatic carbocycles. The summed E-state index contributed by atoms with van der Waals surface area (Å²) in [6.07, 6.45) is 3.94. The summed E-state index contributed by atoms with van der Waals surface area (Å²) < 4.78 is 0. The average molecular weight is 260 g/mol. The molecule has 1 aromatic rings. The van der Waals surface area contributed by atoms with Gasteiger partial charge in [-0.1, -0.05) is 30.3 Å².